The topological polar surface area (TPSA) is 76.2 Å². The Labute approximate surface area is 143 Å². The average molecular weight is 346 g/mol. The Morgan fingerprint density at radius 2 is 2.08 bits per heavy atom. The molecule has 2 aromatic rings. The minimum absolute atomic E-state index is 0.0483. The van der Waals surface area contributed by atoms with Gasteiger partial charge in [-0.15, -0.1) is 0 Å². The summed E-state index contributed by atoms with van der Waals surface area (Å²) in [6.45, 7) is 1.82. The van der Waals surface area contributed by atoms with Crippen LogP contribution in [0.15, 0.2) is 35.1 Å². The van der Waals surface area contributed by atoms with Gasteiger partial charge in [0, 0.05) is 22.7 Å². The fourth-order valence-corrected chi connectivity index (χ4v) is 3.19. The van der Waals surface area contributed by atoms with Gasteiger partial charge in [-0.05, 0) is 43.0 Å². The van der Waals surface area contributed by atoms with E-state index < -0.39 is 11.5 Å². The van der Waals surface area contributed by atoms with Crippen LogP contribution < -0.4 is 5.56 Å². The van der Waals surface area contributed by atoms with Gasteiger partial charge >= 0.3 is 5.97 Å². The molecule has 1 N–H and O–H groups in total. The standard InChI is InChI=1S/C18H16ClNO4/c1-2-24-18(23)14-9-13-15(20-17(14)22)7-11(8-16(13)21)10-4-3-5-12(19)6-10/h3-6,9,11H,2,7-8H2,1H3,(H,20,22)/t11-/m0/s1. The number of hydrogen-bond donors (Lipinski definition) is 1. The van der Waals surface area contributed by atoms with Crippen LogP contribution in [0.5, 0.6) is 0 Å². The molecule has 6 heteroatoms. The minimum Gasteiger partial charge on any atom is -0.462 e. The highest BCUT2D eigenvalue weighted by atomic mass is 35.5. The number of hydrogen-bond acceptors (Lipinski definition) is 4. The smallest absolute Gasteiger partial charge is 0.343 e. The average Bonchev–Trinajstić information content (AvgIpc) is 2.54. The number of H-pyrrole nitrogens is 1. The molecular formula is C18H16ClNO4. The molecule has 0 spiro atoms. The third kappa shape index (κ3) is 3.12. The molecular weight excluding hydrogens is 330 g/mol. The first kappa shape index (κ1) is 16.5. The maximum Gasteiger partial charge on any atom is 0.343 e. The van der Waals surface area contributed by atoms with E-state index in [2.05, 4.69) is 4.98 Å². The number of halogens is 1. The molecule has 1 aliphatic rings. The Morgan fingerprint density at radius 3 is 2.79 bits per heavy atom. The number of benzene rings is 1. The molecule has 0 bridgehead atoms. The van der Waals surface area contributed by atoms with E-state index in [0.717, 1.165) is 5.56 Å². The summed E-state index contributed by atoms with van der Waals surface area (Å²) in [6.07, 6.45) is 0.821. The van der Waals surface area contributed by atoms with Crippen molar-refractivity contribution in [3.8, 4) is 0 Å². The van der Waals surface area contributed by atoms with Crippen molar-refractivity contribution in [2.75, 3.05) is 6.61 Å². The first-order valence-electron chi connectivity index (χ1n) is 7.71. The summed E-state index contributed by atoms with van der Waals surface area (Å²) in [5, 5.41) is 0.608. The maximum atomic E-state index is 12.5. The van der Waals surface area contributed by atoms with Crippen molar-refractivity contribution < 1.29 is 14.3 Å². The van der Waals surface area contributed by atoms with Crippen LogP contribution in [0.3, 0.4) is 0 Å². The zero-order valence-electron chi connectivity index (χ0n) is 13.1. The number of aromatic amines is 1. The van der Waals surface area contributed by atoms with E-state index in [4.69, 9.17) is 16.3 Å². The number of ether oxygens (including phenoxy) is 1. The monoisotopic (exact) mass is 345 g/mol. The van der Waals surface area contributed by atoms with E-state index in [1.807, 2.05) is 18.2 Å². The predicted molar refractivity (Wildman–Crippen MR) is 89.9 cm³/mol. The van der Waals surface area contributed by atoms with Crippen LogP contribution in [-0.4, -0.2) is 23.3 Å². The Hall–Kier alpha value is -2.40. The number of aromatic nitrogens is 1. The second kappa shape index (κ2) is 6.61. The highest BCUT2D eigenvalue weighted by Gasteiger charge is 2.29. The Bertz CT molecular complexity index is 872. The van der Waals surface area contributed by atoms with Gasteiger partial charge < -0.3 is 9.72 Å². The predicted octanol–water partition coefficient (Wildman–Crippen LogP) is 3.12. The van der Waals surface area contributed by atoms with Gasteiger partial charge in [0.05, 0.1) is 6.61 Å². The molecule has 3 rings (SSSR count). The number of Topliss-reactive ketones (excluding diaryl/α,β-unsaturated/α-hetero) is 1. The zero-order chi connectivity index (χ0) is 17.3. The first-order valence-corrected chi connectivity index (χ1v) is 8.09. The second-order valence-electron chi connectivity index (χ2n) is 5.71. The summed E-state index contributed by atoms with van der Waals surface area (Å²) in [7, 11) is 0. The lowest BCUT2D eigenvalue weighted by molar-refractivity contribution is 0.0524. The van der Waals surface area contributed by atoms with Crippen LogP contribution >= 0.6 is 11.6 Å². The molecule has 5 nitrogen and oxygen atoms in total. The number of carbonyl (C=O) groups excluding carboxylic acids is 2. The molecule has 0 amide bonds. The van der Waals surface area contributed by atoms with Crippen molar-refractivity contribution in [2.45, 2.75) is 25.7 Å². The molecule has 1 atom stereocenters. The third-order valence-electron chi connectivity index (χ3n) is 4.12. The fourth-order valence-electron chi connectivity index (χ4n) is 2.99. The quantitative estimate of drug-likeness (QED) is 0.867. The van der Waals surface area contributed by atoms with Crippen molar-refractivity contribution in [1.82, 2.24) is 4.98 Å². The van der Waals surface area contributed by atoms with E-state index in [1.54, 1.807) is 13.0 Å². The SMILES string of the molecule is CCOC(=O)c1cc2c([nH]c1=O)C[C@H](c1cccc(Cl)c1)CC2=O. The third-order valence-corrected chi connectivity index (χ3v) is 4.36. The van der Waals surface area contributed by atoms with Crippen molar-refractivity contribution in [3.63, 3.8) is 0 Å². The van der Waals surface area contributed by atoms with Gasteiger partial charge in [-0.1, -0.05) is 23.7 Å². The highest BCUT2D eigenvalue weighted by Crippen LogP contribution is 2.32. The fraction of sp³-hybridized carbons (Fsp3) is 0.278. The largest absolute Gasteiger partial charge is 0.462 e. The Balaban J connectivity index is 1.97. The molecule has 0 saturated heterocycles. The van der Waals surface area contributed by atoms with E-state index in [1.165, 1.54) is 6.07 Å². The summed E-state index contributed by atoms with van der Waals surface area (Å²) < 4.78 is 4.85. The van der Waals surface area contributed by atoms with Crippen LogP contribution in [-0.2, 0) is 11.2 Å². The summed E-state index contributed by atoms with van der Waals surface area (Å²) in [5.41, 5.74) is 1.22. The molecule has 0 saturated carbocycles. The number of fused-ring (bicyclic) bond motifs is 1. The molecule has 0 unspecified atom stereocenters. The van der Waals surface area contributed by atoms with Crippen LogP contribution in [0, 0.1) is 0 Å². The van der Waals surface area contributed by atoms with Gasteiger partial charge in [-0.25, -0.2) is 4.79 Å². The molecule has 0 radical (unpaired) electrons. The number of nitrogens with one attached hydrogen (secondary N) is 1. The minimum atomic E-state index is -0.716. The number of rotatable bonds is 3. The van der Waals surface area contributed by atoms with Crippen molar-refractivity contribution >= 4 is 23.4 Å². The summed E-state index contributed by atoms with van der Waals surface area (Å²) >= 11 is 6.02. The van der Waals surface area contributed by atoms with E-state index in [0.29, 0.717) is 29.1 Å². The van der Waals surface area contributed by atoms with Crippen LogP contribution in [0.2, 0.25) is 5.02 Å². The molecule has 1 aromatic heterocycles. The van der Waals surface area contributed by atoms with Crippen molar-refractivity contribution in [2.24, 2.45) is 0 Å². The van der Waals surface area contributed by atoms with Crippen LogP contribution in [0.25, 0.3) is 0 Å². The lowest BCUT2D eigenvalue weighted by Crippen LogP contribution is -2.28. The molecule has 1 aromatic carbocycles. The summed E-state index contributed by atoms with van der Waals surface area (Å²) in [6, 6.07) is 8.71. The van der Waals surface area contributed by atoms with Gasteiger partial charge in [0.25, 0.3) is 5.56 Å². The Kier molecular flexibility index (Phi) is 4.53. The first-order chi connectivity index (χ1) is 11.5. The number of carbonyl (C=O) groups is 2. The molecule has 1 aliphatic carbocycles. The number of esters is 1. The summed E-state index contributed by atoms with van der Waals surface area (Å²) in [5.74, 6) is -0.873. The number of ketones is 1. The lowest BCUT2D eigenvalue weighted by atomic mass is 9.81. The Morgan fingerprint density at radius 1 is 1.29 bits per heavy atom. The highest BCUT2D eigenvalue weighted by molar-refractivity contribution is 6.30. The van der Waals surface area contributed by atoms with Gasteiger partial charge in [-0.2, -0.15) is 0 Å². The van der Waals surface area contributed by atoms with Gasteiger partial charge in [0.2, 0.25) is 0 Å². The van der Waals surface area contributed by atoms with Gasteiger partial charge in [0.15, 0.2) is 5.78 Å². The molecule has 24 heavy (non-hydrogen) atoms. The van der Waals surface area contributed by atoms with Crippen LogP contribution in [0.4, 0.5) is 0 Å². The molecule has 124 valence electrons. The molecule has 0 aliphatic heterocycles. The van der Waals surface area contributed by atoms with Crippen molar-refractivity contribution in [1.29, 1.82) is 0 Å². The summed E-state index contributed by atoms with van der Waals surface area (Å²) in [4.78, 5) is 39.1. The van der Waals surface area contributed by atoms with Gasteiger partial charge in [0.1, 0.15) is 5.56 Å². The maximum absolute atomic E-state index is 12.5. The number of pyridine rings is 1. The zero-order valence-corrected chi connectivity index (χ0v) is 13.9. The molecule has 0 fully saturated rings. The van der Waals surface area contributed by atoms with Crippen LogP contribution in [0.1, 0.15) is 51.2 Å². The van der Waals surface area contributed by atoms with Crippen molar-refractivity contribution in [3.05, 3.63) is 68.1 Å². The van der Waals surface area contributed by atoms with Gasteiger partial charge in [-0.3, -0.25) is 9.59 Å². The molecule has 1 heterocycles. The van der Waals surface area contributed by atoms with E-state index >= 15 is 0 Å². The second-order valence-corrected chi connectivity index (χ2v) is 6.14. The lowest BCUT2D eigenvalue weighted by Gasteiger charge is -2.24. The van der Waals surface area contributed by atoms with E-state index in [9.17, 15) is 14.4 Å². The van der Waals surface area contributed by atoms with E-state index in [-0.39, 0.29) is 23.9 Å². The normalized spacial score (nSPS) is 16.6.